The number of nitrogens with one attached hydrogen (secondary N) is 14. The summed E-state index contributed by atoms with van der Waals surface area (Å²) in [6, 6.07) is -12.2. The number of aromatic amines is 2. The van der Waals surface area contributed by atoms with E-state index in [2.05, 4.69) is 83.7 Å². The molecule has 0 unspecified atom stereocenters. The van der Waals surface area contributed by atoms with E-state index in [1.54, 1.807) is 30.5 Å². The normalized spacial score (nSPS) is 26.6. The van der Waals surface area contributed by atoms with Crippen molar-refractivity contribution < 1.29 is 82.1 Å². The Kier molecular flexibility index (Phi) is 28.1. The molecule has 6 rings (SSSR count). The van der Waals surface area contributed by atoms with Gasteiger partial charge in [0.1, 0.15) is 72.5 Å². The number of H-pyrrole nitrogens is 2. The Balaban J connectivity index is 1.40. The number of para-hydroxylation sites is 1. The molecule has 3 aliphatic heterocycles. The largest absolute Gasteiger partial charge is 0.481 e. The van der Waals surface area contributed by atoms with Gasteiger partial charge in [-0.2, -0.15) is 0 Å². The Morgan fingerprint density at radius 1 is 0.615 bits per heavy atom. The molecule has 522 valence electrons. The standard InChI is InChI=1S/C57H80N20O17S2/c1-26-45(83)68-28(3)56(94)77-15-7-11-41(77)55(93)67-27(2)46(84)76-40-24-96-95-23-39(53(91)71-34(12-13-44(81)82)48(86)74-37(18-42(58)79)51(89)73-36(49(87)66-26)17-30-20-61-25-65-30)69-43(80)21-64-47(85)33(10-6-14-62-57(59)60)70-50(88)35(72-52(90)38(22-78)75-54(40)92)16-29-19-63-32-9-5-4-8-31(29)32/h4-5,8-9,19-20,25-28,33-41,63,78H,6-7,10-18,21-24H2,1-3H3,(H2,58,79)(H,61,65)(H,64,85)(H,66,87)(H,67,93)(H,68,83)(H,69,80)(H,70,88)(H,71,91)(H,72,90)(H,73,89)(H,74,86)(H,75,92)(H,76,84)(H,81,82)(H4,59,60,62)/t26-,27-,28-,33-,34-,35-,36-,37-,38-,39-,40-,41-/m0/s1. The number of rotatable bonds is 14. The van der Waals surface area contributed by atoms with Crippen LogP contribution in [-0.4, -0.2) is 235 Å². The Morgan fingerprint density at radius 3 is 1.81 bits per heavy atom. The molecule has 0 spiro atoms. The van der Waals surface area contributed by atoms with Gasteiger partial charge < -0.3 is 106 Å². The van der Waals surface area contributed by atoms with E-state index >= 15 is 0 Å². The van der Waals surface area contributed by atoms with Crippen LogP contribution in [0, 0.1) is 0 Å². The van der Waals surface area contributed by atoms with Crippen molar-refractivity contribution >= 4 is 127 Å². The van der Waals surface area contributed by atoms with Crippen molar-refractivity contribution in [2.24, 2.45) is 22.2 Å². The number of amides is 14. The molecule has 39 heteroatoms. The number of imidazole rings is 1. The molecule has 3 fully saturated rings. The highest BCUT2D eigenvalue weighted by Crippen LogP contribution is 2.25. The number of aliphatic hydroxyl groups excluding tert-OH is 1. The summed E-state index contributed by atoms with van der Waals surface area (Å²) in [5.74, 6) is -17.3. The van der Waals surface area contributed by atoms with Crippen molar-refractivity contribution in [2.45, 2.75) is 151 Å². The van der Waals surface area contributed by atoms with Gasteiger partial charge in [-0.15, -0.1) is 0 Å². The zero-order valence-electron chi connectivity index (χ0n) is 52.5. The number of carboxylic acid groups (broad SMARTS) is 1. The summed E-state index contributed by atoms with van der Waals surface area (Å²) in [5.41, 5.74) is 18.0. The first-order valence-corrected chi connectivity index (χ1v) is 33.0. The fraction of sp³-hybridized carbons (Fsp3) is 0.526. The molecule has 5 heterocycles. The number of aromatic nitrogens is 3. The van der Waals surface area contributed by atoms with Gasteiger partial charge in [0.2, 0.25) is 82.7 Å². The molecule has 0 saturated carbocycles. The van der Waals surface area contributed by atoms with Gasteiger partial charge in [-0.3, -0.25) is 76.9 Å². The summed E-state index contributed by atoms with van der Waals surface area (Å²) < 4.78 is 0. The number of hydrogen-bond donors (Lipinski definition) is 19. The van der Waals surface area contributed by atoms with Crippen LogP contribution in [0.25, 0.3) is 10.9 Å². The highest BCUT2D eigenvalue weighted by molar-refractivity contribution is 8.76. The summed E-state index contributed by atoms with van der Waals surface area (Å²) in [6.45, 7) is 1.84. The lowest BCUT2D eigenvalue weighted by Gasteiger charge is -2.29. The van der Waals surface area contributed by atoms with Crippen molar-refractivity contribution in [3.63, 3.8) is 0 Å². The summed E-state index contributed by atoms with van der Waals surface area (Å²) in [5, 5.41) is 50.5. The van der Waals surface area contributed by atoms with E-state index in [-0.39, 0.29) is 56.8 Å². The van der Waals surface area contributed by atoms with Gasteiger partial charge in [0, 0.05) is 72.8 Å². The SMILES string of the molecule is C[C@@H]1NC(=O)[C@H](Cc2cnc[nH]2)NC(=O)[C@H](CC(N)=O)NC(=O)[C@H](CCC(=O)O)NC(=O)[C@@H]2CSSC[C@H](NC(=O)[C@H](C)NC(=O)[C@@H]3CCCN3C(=O)[C@H](C)NC1=O)C(=O)N[C@@H](CO)C(=O)N[C@@H](Cc1c[nH]c3ccccc13)C(=O)N[C@@H](CCCN=C(N)N)C(=O)NCC(=O)N2. The van der Waals surface area contributed by atoms with E-state index in [0.717, 1.165) is 21.6 Å². The highest BCUT2D eigenvalue weighted by atomic mass is 33.1. The fourth-order valence-corrected chi connectivity index (χ4v) is 12.6. The summed E-state index contributed by atoms with van der Waals surface area (Å²) in [6.07, 6.45) is 1.37. The predicted octanol–water partition coefficient (Wildman–Crippen LogP) is -7.63. The molecule has 12 atom stereocenters. The van der Waals surface area contributed by atoms with Crippen molar-refractivity contribution in [1.29, 1.82) is 0 Å². The van der Waals surface area contributed by atoms with Gasteiger partial charge in [0.15, 0.2) is 5.96 Å². The predicted molar refractivity (Wildman–Crippen MR) is 343 cm³/mol. The van der Waals surface area contributed by atoms with Crippen LogP contribution < -0.4 is 81.0 Å². The molecule has 3 saturated heterocycles. The number of carboxylic acids is 1. The van der Waals surface area contributed by atoms with Crippen LogP contribution in [0.15, 0.2) is 48.0 Å². The Morgan fingerprint density at radius 2 is 1.17 bits per heavy atom. The highest BCUT2D eigenvalue weighted by Gasteiger charge is 2.40. The van der Waals surface area contributed by atoms with Crippen LogP contribution in [0.2, 0.25) is 0 Å². The van der Waals surface area contributed by atoms with Crippen LogP contribution >= 0.6 is 21.6 Å². The van der Waals surface area contributed by atoms with E-state index in [1.807, 2.05) is 0 Å². The molecule has 3 aliphatic rings. The number of carbonyl (C=O) groups is 15. The van der Waals surface area contributed by atoms with Crippen LogP contribution in [0.1, 0.15) is 77.0 Å². The van der Waals surface area contributed by atoms with Gasteiger partial charge >= 0.3 is 5.97 Å². The molecule has 1 aromatic carbocycles. The minimum Gasteiger partial charge on any atom is -0.481 e. The summed E-state index contributed by atoms with van der Waals surface area (Å²) >= 11 is 0. The van der Waals surface area contributed by atoms with Crippen LogP contribution in [0.3, 0.4) is 0 Å². The first-order valence-electron chi connectivity index (χ1n) is 30.5. The third kappa shape index (κ3) is 22.3. The molecule has 2 bridgehead atoms. The van der Waals surface area contributed by atoms with Gasteiger partial charge in [-0.25, -0.2) is 4.98 Å². The molecule has 96 heavy (non-hydrogen) atoms. The average molecular weight is 1380 g/mol. The molecular weight excluding hydrogens is 1300 g/mol. The Bertz CT molecular complexity index is 3400. The number of aliphatic hydroxyl groups is 1. The topological polar surface area (TPSA) is 579 Å². The van der Waals surface area contributed by atoms with E-state index in [1.165, 1.54) is 38.2 Å². The number of benzene rings is 1. The van der Waals surface area contributed by atoms with Crippen molar-refractivity contribution in [3.05, 3.63) is 54.2 Å². The van der Waals surface area contributed by atoms with Crippen molar-refractivity contribution in [1.82, 2.24) is 83.7 Å². The number of fused-ring (bicyclic) bond motifs is 7. The number of carbonyl (C=O) groups excluding carboxylic acids is 14. The summed E-state index contributed by atoms with van der Waals surface area (Å²) in [4.78, 5) is 224. The second-order valence-corrected chi connectivity index (χ2v) is 25.3. The molecule has 14 amide bonds. The molecular formula is C57H80N20O17S2. The number of nitrogens with two attached hydrogens (primary N) is 3. The second kappa shape index (κ2) is 36.0. The van der Waals surface area contributed by atoms with Crippen LogP contribution in [0.4, 0.5) is 0 Å². The maximum absolute atomic E-state index is 14.6. The molecule has 0 aliphatic carbocycles. The van der Waals surface area contributed by atoms with Crippen LogP contribution in [-0.2, 0) is 84.8 Å². The molecule has 3 aromatic rings. The van der Waals surface area contributed by atoms with E-state index in [9.17, 15) is 82.1 Å². The lowest BCUT2D eigenvalue weighted by atomic mass is 10.0. The first kappa shape index (κ1) is 75.0. The first-order chi connectivity index (χ1) is 45.6. The maximum atomic E-state index is 14.6. The van der Waals surface area contributed by atoms with Crippen molar-refractivity contribution in [3.8, 4) is 0 Å². The third-order valence-corrected chi connectivity index (χ3v) is 17.8. The fourth-order valence-electron chi connectivity index (χ4n) is 10.2. The van der Waals surface area contributed by atoms with Crippen LogP contribution in [0.5, 0.6) is 0 Å². The van der Waals surface area contributed by atoms with Gasteiger partial charge in [-0.1, -0.05) is 39.8 Å². The molecule has 37 nitrogen and oxygen atoms in total. The smallest absolute Gasteiger partial charge is 0.303 e. The zero-order chi connectivity index (χ0) is 70.3. The minimum absolute atomic E-state index is 0.0371. The lowest BCUT2D eigenvalue weighted by Crippen LogP contribution is -2.61. The minimum atomic E-state index is -1.95. The number of primary amides is 1. The second-order valence-electron chi connectivity index (χ2n) is 22.8. The molecule has 22 N–H and O–H groups in total. The number of aliphatic imine (C=N–C) groups is 1. The van der Waals surface area contributed by atoms with Gasteiger partial charge in [0.05, 0.1) is 25.9 Å². The van der Waals surface area contributed by atoms with E-state index in [4.69, 9.17) is 17.2 Å². The number of guanidine groups is 1. The van der Waals surface area contributed by atoms with Gasteiger partial charge in [-0.05, 0) is 64.5 Å². The zero-order valence-corrected chi connectivity index (χ0v) is 54.1. The average Bonchev–Trinajstić information content (AvgIpc) is 1.62. The quantitative estimate of drug-likeness (QED) is 0.0308. The van der Waals surface area contributed by atoms with Crippen molar-refractivity contribution in [2.75, 3.05) is 37.7 Å². The molecule has 0 radical (unpaired) electrons. The Labute approximate surface area is 556 Å². The number of hydrogen-bond acceptors (Lipinski definition) is 20. The monoisotopic (exact) mass is 1380 g/mol. The molecule has 2 aromatic heterocycles. The van der Waals surface area contributed by atoms with E-state index < -0.39 is 205 Å². The third-order valence-electron chi connectivity index (χ3n) is 15.4. The lowest BCUT2D eigenvalue weighted by molar-refractivity contribution is -0.142. The maximum Gasteiger partial charge on any atom is 0.303 e. The number of nitrogens with zero attached hydrogens (tertiary/aromatic N) is 3. The van der Waals surface area contributed by atoms with E-state index in [0.29, 0.717) is 22.9 Å². The number of aliphatic carboxylic acids is 1. The Hall–Kier alpha value is -10.0. The summed E-state index contributed by atoms with van der Waals surface area (Å²) in [7, 11) is 1.56. The van der Waals surface area contributed by atoms with Gasteiger partial charge in [0.25, 0.3) is 0 Å².